The minimum Gasteiger partial charge on any atom is -0.489 e. The van der Waals surface area contributed by atoms with Crippen LogP contribution in [0.25, 0.3) is 17.0 Å². The van der Waals surface area contributed by atoms with E-state index in [0.29, 0.717) is 6.61 Å². The maximum Gasteiger partial charge on any atom is 0.120 e. The van der Waals surface area contributed by atoms with Gasteiger partial charge in [0.1, 0.15) is 12.4 Å². The lowest BCUT2D eigenvalue weighted by Gasteiger charge is -2.11. The third-order valence-corrected chi connectivity index (χ3v) is 5.04. The highest BCUT2D eigenvalue weighted by atomic mass is 32.1. The van der Waals surface area contributed by atoms with Crippen LogP contribution in [0.3, 0.4) is 0 Å². The summed E-state index contributed by atoms with van der Waals surface area (Å²) in [5.74, 6) is 0.877. The molecule has 1 heterocycles. The molecule has 0 amide bonds. The van der Waals surface area contributed by atoms with E-state index in [0.717, 1.165) is 40.3 Å². The monoisotopic (exact) mass is 429 g/mol. The first-order valence-electron chi connectivity index (χ1n) is 10.8. The van der Waals surface area contributed by atoms with Gasteiger partial charge in [0, 0.05) is 23.1 Å². The van der Waals surface area contributed by atoms with Crippen LogP contribution in [-0.2, 0) is 13.2 Å². The quantitative estimate of drug-likeness (QED) is 0.269. The van der Waals surface area contributed by atoms with Gasteiger partial charge in [-0.15, -0.1) is 12.6 Å². The van der Waals surface area contributed by atoms with Crippen LogP contribution < -0.4 is 4.74 Å². The standard InChI is InChI=1S/C28H31NOS/c1-4-6-8-12-23(11-5-2)20-29-26(17-22(3)31)18-25-19-27(15-16-28(25)29)30-21-24-13-9-7-10-14-24/h5-19,31H,4,20-21H2,1-3H3/b8-6+,11-5-,22-17+,23-12+. The van der Waals surface area contributed by atoms with Crippen LogP contribution in [0.5, 0.6) is 5.75 Å². The molecule has 3 heteroatoms. The van der Waals surface area contributed by atoms with E-state index in [1.807, 2.05) is 25.1 Å². The minimum absolute atomic E-state index is 0.563. The van der Waals surface area contributed by atoms with Crippen LogP contribution in [0, 0.1) is 0 Å². The van der Waals surface area contributed by atoms with Gasteiger partial charge in [0.05, 0.1) is 0 Å². The van der Waals surface area contributed by atoms with Crippen molar-refractivity contribution < 1.29 is 4.74 Å². The highest BCUT2D eigenvalue weighted by Crippen LogP contribution is 2.28. The Labute approximate surface area is 191 Å². The number of benzene rings is 2. The van der Waals surface area contributed by atoms with E-state index in [-0.39, 0.29) is 0 Å². The fourth-order valence-corrected chi connectivity index (χ4v) is 3.63. The minimum atomic E-state index is 0.563. The smallest absolute Gasteiger partial charge is 0.120 e. The van der Waals surface area contributed by atoms with E-state index >= 15 is 0 Å². The van der Waals surface area contributed by atoms with Crippen LogP contribution >= 0.6 is 12.6 Å². The Kier molecular flexibility index (Phi) is 8.43. The lowest BCUT2D eigenvalue weighted by Crippen LogP contribution is -2.02. The van der Waals surface area contributed by atoms with Crippen molar-refractivity contribution in [3.8, 4) is 5.75 Å². The Bertz CT molecular complexity index is 1110. The van der Waals surface area contributed by atoms with Crippen LogP contribution in [-0.4, -0.2) is 4.57 Å². The zero-order chi connectivity index (χ0) is 22.1. The average Bonchev–Trinajstić information content (AvgIpc) is 3.08. The van der Waals surface area contributed by atoms with Crippen molar-refractivity contribution in [2.24, 2.45) is 0 Å². The zero-order valence-corrected chi connectivity index (χ0v) is 19.5. The third-order valence-electron chi connectivity index (χ3n) is 4.91. The van der Waals surface area contributed by atoms with Gasteiger partial charge in [-0.3, -0.25) is 0 Å². The summed E-state index contributed by atoms with van der Waals surface area (Å²) in [5, 5.41) is 1.16. The van der Waals surface area contributed by atoms with Gasteiger partial charge in [0.2, 0.25) is 0 Å². The molecule has 160 valence electrons. The van der Waals surface area contributed by atoms with E-state index < -0.39 is 0 Å². The second kappa shape index (κ2) is 11.5. The van der Waals surface area contributed by atoms with E-state index in [1.165, 1.54) is 11.1 Å². The topological polar surface area (TPSA) is 14.2 Å². The van der Waals surface area contributed by atoms with Crippen LogP contribution in [0.4, 0.5) is 0 Å². The van der Waals surface area contributed by atoms with Crippen molar-refractivity contribution in [3.05, 3.63) is 107 Å². The number of aromatic nitrogens is 1. The van der Waals surface area contributed by atoms with Gasteiger partial charge in [-0.05, 0) is 66.7 Å². The van der Waals surface area contributed by atoms with Gasteiger partial charge in [0.15, 0.2) is 0 Å². The lowest BCUT2D eigenvalue weighted by atomic mass is 10.2. The number of thiol groups is 1. The number of nitrogens with zero attached hydrogens (tertiary/aromatic N) is 1. The summed E-state index contributed by atoms with van der Waals surface area (Å²) >= 11 is 4.52. The maximum atomic E-state index is 6.04. The molecular weight excluding hydrogens is 398 g/mol. The molecular formula is C28H31NOS. The largest absolute Gasteiger partial charge is 0.489 e. The number of rotatable bonds is 9. The molecule has 2 aromatic carbocycles. The highest BCUT2D eigenvalue weighted by Gasteiger charge is 2.10. The van der Waals surface area contributed by atoms with Gasteiger partial charge in [-0.2, -0.15) is 0 Å². The summed E-state index contributed by atoms with van der Waals surface area (Å²) in [4.78, 5) is 0.979. The van der Waals surface area contributed by atoms with Crippen molar-refractivity contribution in [2.75, 3.05) is 0 Å². The predicted octanol–water partition coefficient (Wildman–Crippen LogP) is 7.98. The Balaban J connectivity index is 1.94. The lowest BCUT2D eigenvalue weighted by molar-refractivity contribution is 0.306. The van der Waals surface area contributed by atoms with E-state index in [9.17, 15) is 0 Å². The first-order chi connectivity index (χ1) is 15.1. The molecule has 2 nitrogen and oxygen atoms in total. The van der Waals surface area contributed by atoms with Crippen molar-refractivity contribution in [3.63, 3.8) is 0 Å². The molecule has 3 aromatic rings. The Morgan fingerprint density at radius 3 is 2.61 bits per heavy atom. The molecule has 0 aliphatic rings. The number of ether oxygens (including phenoxy) is 1. The first kappa shape index (κ1) is 22.8. The molecule has 0 atom stereocenters. The molecule has 31 heavy (non-hydrogen) atoms. The van der Waals surface area contributed by atoms with Gasteiger partial charge in [-0.25, -0.2) is 0 Å². The molecule has 0 saturated heterocycles. The normalized spacial score (nSPS) is 13.0. The first-order valence-corrected chi connectivity index (χ1v) is 11.2. The van der Waals surface area contributed by atoms with Crippen molar-refractivity contribution in [1.29, 1.82) is 0 Å². The molecule has 0 N–H and O–H groups in total. The third kappa shape index (κ3) is 6.53. The second-order valence-corrected chi connectivity index (χ2v) is 8.22. The molecule has 0 saturated carbocycles. The molecule has 1 aromatic heterocycles. The average molecular weight is 430 g/mol. The number of fused-ring (bicyclic) bond motifs is 1. The number of hydrogen-bond acceptors (Lipinski definition) is 2. The SMILES string of the molecule is C\C=C/C(=C\C=C\CC)Cn1c(/C=C(\C)S)cc2cc(OCc3ccccc3)ccc21. The summed E-state index contributed by atoms with van der Waals surface area (Å²) in [6.45, 7) is 7.56. The molecule has 0 spiro atoms. The second-order valence-electron chi connectivity index (χ2n) is 7.51. The van der Waals surface area contributed by atoms with Gasteiger partial charge in [0.25, 0.3) is 0 Å². The number of hydrogen-bond donors (Lipinski definition) is 1. The van der Waals surface area contributed by atoms with Crippen molar-refractivity contribution in [1.82, 2.24) is 4.57 Å². The van der Waals surface area contributed by atoms with Crippen LogP contribution in [0.2, 0.25) is 0 Å². The fraction of sp³-hybridized carbons (Fsp3) is 0.214. The maximum absolute atomic E-state index is 6.04. The fourth-order valence-electron chi connectivity index (χ4n) is 3.50. The zero-order valence-electron chi connectivity index (χ0n) is 18.6. The van der Waals surface area contributed by atoms with Crippen molar-refractivity contribution >= 4 is 29.6 Å². The van der Waals surface area contributed by atoms with E-state index in [2.05, 4.69) is 104 Å². The van der Waals surface area contributed by atoms with Crippen molar-refractivity contribution in [2.45, 2.75) is 40.3 Å². The molecule has 0 aliphatic carbocycles. The van der Waals surface area contributed by atoms with E-state index in [1.54, 1.807) is 0 Å². The molecule has 0 radical (unpaired) electrons. The molecule has 0 aliphatic heterocycles. The summed E-state index contributed by atoms with van der Waals surface area (Å²) in [7, 11) is 0. The van der Waals surface area contributed by atoms with Crippen LogP contribution in [0.15, 0.2) is 95.5 Å². The summed E-state index contributed by atoms with van der Waals surface area (Å²) < 4.78 is 8.38. The number of allylic oxidation sites excluding steroid dienone is 7. The van der Waals surface area contributed by atoms with Gasteiger partial charge in [-0.1, -0.05) is 67.6 Å². The molecule has 0 bridgehead atoms. The molecule has 3 rings (SSSR count). The van der Waals surface area contributed by atoms with Crippen LogP contribution in [0.1, 0.15) is 38.4 Å². The summed E-state index contributed by atoms with van der Waals surface area (Å²) in [6.07, 6.45) is 13.9. The molecule has 0 fully saturated rings. The highest BCUT2D eigenvalue weighted by molar-refractivity contribution is 7.84. The molecule has 0 unspecified atom stereocenters. The Hall–Kier alpha value is -2.91. The predicted molar refractivity (Wildman–Crippen MR) is 138 cm³/mol. The van der Waals surface area contributed by atoms with E-state index in [4.69, 9.17) is 4.74 Å². The summed E-state index contributed by atoms with van der Waals surface area (Å²) in [6, 6.07) is 18.8. The van der Waals surface area contributed by atoms with Gasteiger partial charge >= 0.3 is 0 Å². The Morgan fingerprint density at radius 2 is 1.90 bits per heavy atom. The van der Waals surface area contributed by atoms with Gasteiger partial charge < -0.3 is 9.30 Å². The summed E-state index contributed by atoms with van der Waals surface area (Å²) in [5.41, 5.74) is 4.73. The Morgan fingerprint density at radius 1 is 1.10 bits per heavy atom.